The molecule has 0 aromatic heterocycles. The molecule has 2 N–H and O–H groups in total. The highest BCUT2D eigenvalue weighted by Crippen LogP contribution is 2.12. The third kappa shape index (κ3) is 4.55. The summed E-state index contributed by atoms with van der Waals surface area (Å²) in [5.41, 5.74) is 9.26. The van der Waals surface area contributed by atoms with Gasteiger partial charge in [0.25, 0.3) is 0 Å². The standard InChI is InChI=1S/C17H27N3O/c1-14-4-5-16(12-15(14)2)13-17(21)20-8-3-7-19(9-6-18)10-11-20/h4-5,12H,3,6-11,13,18H2,1-2H3. The molecule has 0 bridgehead atoms. The molecular weight excluding hydrogens is 262 g/mol. The van der Waals surface area contributed by atoms with Gasteiger partial charge in [-0.3, -0.25) is 4.79 Å². The van der Waals surface area contributed by atoms with Gasteiger partial charge in [-0.1, -0.05) is 18.2 Å². The van der Waals surface area contributed by atoms with Gasteiger partial charge in [-0.15, -0.1) is 0 Å². The van der Waals surface area contributed by atoms with Crippen molar-refractivity contribution in [3.63, 3.8) is 0 Å². The lowest BCUT2D eigenvalue weighted by Crippen LogP contribution is -2.37. The van der Waals surface area contributed by atoms with E-state index in [1.165, 1.54) is 11.1 Å². The highest BCUT2D eigenvalue weighted by Gasteiger charge is 2.18. The fraction of sp³-hybridized carbons (Fsp3) is 0.588. The molecule has 1 aliphatic rings. The summed E-state index contributed by atoms with van der Waals surface area (Å²) in [6, 6.07) is 6.30. The van der Waals surface area contributed by atoms with Gasteiger partial charge in [0.05, 0.1) is 6.42 Å². The number of nitrogens with zero attached hydrogens (tertiary/aromatic N) is 2. The first-order valence-corrected chi connectivity index (χ1v) is 7.86. The highest BCUT2D eigenvalue weighted by molar-refractivity contribution is 5.78. The molecule has 1 heterocycles. The maximum atomic E-state index is 12.5. The first kappa shape index (κ1) is 16.0. The van der Waals surface area contributed by atoms with Crippen LogP contribution in [0.25, 0.3) is 0 Å². The lowest BCUT2D eigenvalue weighted by molar-refractivity contribution is -0.130. The van der Waals surface area contributed by atoms with E-state index in [1.54, 1.807) is 0 Å². The van der Waals surface area contributed by atoms with Crippen LogP contribution in [0.1, 0.15) is 23.1 Å². The monoisotopic (exact) mass is 289 g/mol. The van der Waals surface area contributed by atoms with Crippen LogP contribution in [0, 0.1) is 13.8 Å². The Bertz CT molecular complexity index is 487. The molecule has 1 aliphatic heterocycles. The van der Waals surface area contributed by atoms with E-state index < -0.39 is 0 Å². The van der Waals surface area contributed by atoms with Crippen molar-refractivity contribution in [2.45, 2.75) is 26.7 Å². The molecule has 1 amide bonds. The largest absolute Gasteiger partial charge is 0.341 e. The number of rotatable bonds is 4. The molecule has 2 rings (SSSR count). The number of hydrogen-bond donors (Lipinski definition) is 1. The summed E-state index contributed by atoms with van der Waals surface area (Å²) < 4.78 is 0. The van der Waals surface area contributed by atoms with E-state index >= 15 is 0 Å². The Labute approximate surface area is 127 Å². The molecule has 0 radical (unpaired) electrons. The number of aryl methyl sites for hydroxylation is 2. The summed E-state index contributed by atoms with van der Waals surface area (Å²) in [4.78, 5) is 16.8. The first-order valence-electron chi connectivity index (χ1n) is 7.86. The van der Waals surface area contributed by atoms with Crippen LogP contribution in [0.5, 0.6) is 0 Å². The Hall–Kier alpha value is -1.39. The van der Waals surface area contributed by atoms with Crippen LogP contribution in [0.2, 0.25) is 0 Å². The van der Waals surface area contributed by atoms with E-state index in [4.69, 9.17) is 5.73 Å². The number of benzene rings is 1. The molecule has 0 atom stereocenters. The Kier molecular flexibility index (Phi) is 5.76. The molecule has 0 spiro atoms. The van der Waals surface area contributed by atoms with Crippen molar-refractivity contribution in [1.29, 1.82) is 0 Å². The summed E-state index contributed by atoms with van der Waals surface area (Å²) in [5, 5.41) is 0. The smallest absolute Gasteiger partial charge is 0.227 e. The third-order valence-corrected chi connectivity index (χ3v) is 4.31. The molecule has 1 aromatic rings. The fourth-order valence-electron chi connectivity index (χ4n) is 2.83. The molecule has 4 heteroatoms. The maximum absolute atomic E-state index is 12.5. The van der Waals surface area contributed by atoms with Gasteiger partial charge >= 0.3 is 0 Å². The van der Waals surface area contributed by atoms with Gasteiger partial charge in [-0.2, -0.15) is 0 Å². The fourth-order valence-corrected chi connectivity index (χ4v) is 2.83. The summed E-state index contributed by atoms with van der Waals surface area (Å²) in [6.07, 6.45) is 1.55. The summed E-state index contributed by atoms with van der Waals surface area (Å²) in [5.74, 6) is 0.243. The van der Waals surface area contributed by atoms with Gasteiger partial charge in [0, 0.05) is 32.7 Å². The van der Waals surface area contributed by atoms with E-state index in [0.717, 1.165) is 44.7 Å². The molecule has 4 nitrogen and oxygen atoms in total. The van der Waals surface area contributed by atoms with Crippen molar-refractivity contribution in [2.24, 2.45) is 5.73 Å². The van der Waals surface area contributed by atoms with Crippen LogP contribution in [-0.4, -0.2) is 55.0 Å². The molecule has 0 unspecified atom stereocenters. The van der Waals surface area contributed by atoms with Gasteiger partial charge in [0.2, 0.25) is 5.91 Å². The zero-order valence-electron chi connectivity index (χ0n) is 13.3. The van der Waals surface area contributed by atoms with E-state index in [1.807, 2.05) is 4.90 Å². The molecule has 1 saturated heterocycles. The number of carbonyl (C=O) groups excluding carboxylic acids is 1. The number of carbonyl (C=O) groups is 1. The number of nitrogens with two attached hydrogens (primary N) is 1. The topological polar surface area (TPSA) is 49.6 Å². The van der Waals surface area contributed by atoms with E-state index in [-0.39, 0.29) is 5.91 Å². The van der Waals surface area contributed by atoms with Crippen molar-refractivity contribution in [3.05, 3.63) is 34.9 Å². The van der Waals surface area contributed by atoms with E-state index in [0.29, 0.717) is 13.0 Å². The maximum Gasteiger partial charge on any atom is 0.227 e. The Morgan fingerprint density at radius 3 is 2.67 bits per heavy atom. The van der Waals surface area contributed by atoms with Gasteiger partial charge in [-0.25, -0.2) is 0 Å². The first-order chi connectivity index (χ1) is 10.1. The molecule has 0 aliphatic carbocycles. The molecular formula is C17H27N3O. The molecule has 1 aromatic carbocycles. The van der Waals surface area contributed by atoms with E-state index in [2.05, 4.69) is 36.9 Å². The zero-order chi connectivity index (χ0) is 15.2. The second-order valence-electron chi connectivity index (χ2n) is 5.96. The van der Waals surface area contributed by atoms with Gasteiger partial charge in [-0.05, 0) is 43.5 Å². The van der Waals surface area contributed by atoms with Crippen molar-refractivity contribution in [1.82, 2.24) is 9.80 Å². The van der Waals surface area contributed by atoms with Crippen molar-refractivity contribution in [3.8, 4) is 0 Å². The molecule has 0 saturated carbocycles. The SMILES string of the molecule is Cc1ccc(CC(=O)N2CCCN(CCN)CC2)cc1C. The number of amides is 1. The molecule has 116 valence electrons. The Morgan fingerprint density at radius 2 is 1.95 bits per heavy atom. The third-order valence-electron chi connectivity index (χ3n) is 4.31. The molecule has 1 fully saturated rings. The van der Waals surface area contributed by atoms with Crippen LogP contribution < -0.4 is 5.73 Å². The minimum Gasteiger partial charge on any atom is -0.341 e. The second kappa shape index (κ2) is 7.57. The minimum atomic E-state index is 0.243. The predicted molar refractivity (Wildman–Crippen MR) is 86.3 cm³/mol. The van der Waals surface area contributed by atoms with Crippen LogP contribution >= 0.6 is 0 Å². The van der Waals surface area contributed by atoms with Gasteiger partial charge in [0.1, 0.15) is 0 Å². The average molecular weight is 289 g/mol. The van der Waals surface area contributed by atoms with Crippen LogP contribution in [0.15, 0.2) is 18.2 Å². The minimum absolute atomic E-state index is 0.243. The van der Waals surface area contributed by atoms with Gasteiger partial charge in [0.15, 0.2) is 0 Å². The quantitative estimate of drug-likeness (QED) is 0.910. The van der Waals surface area contributed by atoms with Crippen LogP contribution in [-0.2, 0) is 11.2 Å². The number of hydrogen-bond acceptors (Lipinski definition) is 3. The average Bonchev–Trinajstić information content (AvgIpc) is 2.69. The van der Waals surface area contributed by atoms with Crippen LogP contribution in [0.3, 0.4) is 0 Å². The zero-order valence-corrected chi connectivity index (χ0v) is 13.3. The lowest BCUT2D eigenvalue weighted by atomic mass is 10.0. The summed E-state index contributed by atoms with van der Waals surface area (Å²) in [7, 11) is 0. The van der Waals surface area contributed by atoms with E-state index in [9.17, 15) is 4.79 Å². The lowest BCUT2D eigenvalue weighted by Gasteiger charge is -2.22. The highest BCUT2D eigenvalue weighted by atomic mass is 16.2. The summed E-state index contributed by atoms with van der Waals surface area (Å²) >= 11 is 0. The second-order valence-corrected chi connectivity index (χ2v) is 5.96. The van der Waals surface area contributed by atoms with Crippen molar-refractivity contribution in [2.75, 3.05) is 39.3 Å². The van der Waals surface area contributed by atoms with Gasteiger partial charge < -0.3 is 15.5 Å². The van der Waals surface area contributed by atoms with Crippen LogP contribution in [0.4, 0.5) is 0 Å². The Morgan fingerprint density at radius 1 is 1.14 bits per heavy atom. The molecule has 21 heavy (non-hydrogen) atoms. The Balaban J connectivity index is 1.92. The summed E-state index contributed by atoms with van der Waals surface area (Å²) in [6.45, 7) is 9.49. The van der Waals surface area contributed by atoms with Crippen molar-refractivity contribution >= 4 is 5.91 Å². The normalized spacial score (nSPS) is 16.8. The van der Waals surface area contributed by atoms with Crippen molar-refractivity contribution < 1.29 is 4.79 Å². The predicted octanol–water partition coefficient (Wildman–Crippen LogP) is 1.34.